The molecule has 1 unspecified atom stereocenters. The van der Waals surface area contributed by atoms with E-state index < -0.39 is 5.38 Å². The molecule has 0 saturated heterocycles. The number of carbonyl (C=O) groups excluding carboxylic acids is 1. The number of halogens is 1. The molecule has 0 spiro atoms. The van der Waals surface area contributed by atoms with Gasteiger partial charge in [0.2, 0.25) is 5.91 Å². The Morgan fingerprint density at radius 1 is 1.24 bits per heavy atom. The fourth-order valence-corrected chi connectivity index (χ4v) is 2.98. The number of fused-ring (bicyclic) bond motifs is 1. The highest BCUT2D eigenvalue weighted by molar-refractivity contribution is 7.21. The van der Waals surface area contributed by atoms with Gasteiger partial charge < -0.3 is 5.32 Å². The van der Waals surface area contributed by atoms with Crippen molar-refractivity contribution in [2.75, 3.05) is 5.32 Å². The molecule has 1 N–H and O–H groups in total. The minimum absolute atomic E-state index is 0.210. The molecule has 21 heavy (non-hydrogen) atoms. The number of anilines is 1. The number of nitrogens with zero attached hydrogens (tertiary/aromatic N) is 1. The third-order valence-corrected chi connectivity index (χ3v) is 4.32. The molecular formula is C16H13ClN2OS. The molecule has 0 aliphatic carbocycles. The maximum absolute atomic E-state index is 11.6. The molecule has 3 nitrogen and oxygen atoms in total. The third-order valence-electron chi connectivity index (χ3n) is 3.03. The molecule has 0 radical (unpaired) electrons. The Labute approximate surface area is 131 Å². The van der Waals surface area contributed by atoms with Gasteiger partial charge in [-0.05, 0) is 31.2 Å². The van der Waals surface area contributed by atoms with Crippen molar-refractivity contribution in [2.45, 2.75) is 12.3 Å². The third kappa shape index (κ3) is 3.06. The molecule has 1 heterocycles. The Hall–Kier alpha value is -1.91. The number of carbonyl (C=O) groups is 1. The average molecular weight is 317 g/mol. The monoisotopic (exact) mass is 316 g/mol. The van der Waals surface area contributed by atoms with Crippen LogP contribution in [-0.4, -0.2) is 16.3 Å². The van der Waals surface area contributed by atoms with E-state index in [1.54, 1.807) is 18.3 Å². The van der Waals surface area contributed by atoms with Crippen molar-refractivity contribution in [1.82, 2.24) is 4.98 Å². The molecule has 0 saturated carbocycles. The van der Waals surface area contributed by atoms with Crippen molar-refractivity contribution < 1.29 is 4.79 Å². The standard InChI is InChI=1S/C16H13ClN2OS/c1-10(17)15(20)18-12-6-4-5-11(9-12)16-19-13-7-2-3-8-14(13)21-16/h2-10H,1H3,(H,18,20). The first-order valence-corrected chi connectivity index (χ1v) is 7.80. The van der Waals surface area contributed by atoms with E-state index in [9.17, 15) is 4.79 Å². The molecule has 1 atom stereocenters. The van der Waals surface area contributed by atoms with E-state index in [0.717, 1.165) is 26.5 Å². The molecule has 1 aromatic heterocycles. The van der Waals surface area contributed by atoms with Crippen molar-refractivity contribution in [3.63, 3.8) is 0 Å². The lowest BCUT2D eigenvalue weighted by Gasteiger charge is -2.07. The summed E-state index contributed by atoms with van der Waals surface area (Å²) in [4.78, 5) is 16.3. The van der Waals surface area contributed by atoms with Gasteiger partial charge in [0.25, 0.3) is 0 Å². The van der Waals surface area contributed by atoms with Gasteiger partial charge in [-0.15, -0.1) is 22.9 Å². The predicted molar refractivity (Wildman–Crippen MR) is 89.0 cm³/mol. The van der Waals surface area contributed by atoms with Gasteiger partial charge in [0, 0.05) is 11.3 Å². The number of amides is 1. The minimum Gasteiger partial charge on any atom is -0.325 e. The van der Waals surface area contributed by atoms with Crippen LogP contribution in [0.2, 0.25) is 0 Å². The Kier molecular flexibility index (Phi) is 3.90. The second kappa shape index (κ2) is 5.84. The van der Waals surface area contributed by atoms with E-state index in [0.29, 0.717) is 0 Å². The summed E-state index contributed by atoms with van der Waals surface area (Å²) in [5, 5.41) is 3.17. The number of rotatable bonds is 3. The summed E-state index contributed by atoms with van der Waals surface area (Å²) in [6.45, 7) is 1.65. The van der Waals surface area contributed by atoms with E-state index in [2.05, 4.69) is 16.4 Å². The van der Waals surface area contributed by atoms with E-state index in [4.69, 9.17) is 11.6 Å². The highest BCUT2D eigenvalue weighted by Gasteiger charge is 2.10. The van der Waals surface area contributed by atoms with Crippen molar-refractivity contribution >= 4 is 44.7 Å². The van der Waals surface area contributed by atoms with E-state index in [1.807, 2.05) is 42.5 Å². The average Bonchev–Trinajstić information content (AvgIpc) is 2.91. The molecular weight excluding hydrogens is 304 g/mol. The Morgan fingerprint density at radius 3 is 2.81 bits per heavy atom. The minimum atomic E-state index is -0.559. The summed E-state index contributed by atoms with van der Waals surface area (Å²) in [6.07, 6.45) is 0. The molecule has 5 heteroatoms. The normalized spacial score (nSPS) is 12.3. The Bertz CT molecular complexity index is 765. The van der Waals surface area contributed by atoms with Gasteiger partial charge in [-0.3, -0.25) is 4.79 Å². The Balaban J connectivity index is 1.93. The summed E-state index contributed by atoms with van der Waals surface area (Å²) in [5.41, 5.74) is 2.70. The molecule has 3 aromatic rings. The zero-order valence-electron chi connectivity index (χ0n) is 11.3. The van der Waals surface area contributed by atoms with Crippen LogP contribution in [0.25, 0.3) is 20.8 Å². The second-order valence-corrected chi connectivity index (χ2v) is 6.36. The summed E-state index contributed by atoms with van der Waals surface area (Å²) in [7, 11) is 0. The fourth-order valence-electron chi connectivity index (χ4n) is 1.97. The van der Waals surface area contributed by atoms with Crippen molar-refractivity contribution in [2.24, 2.45) is 0 Å². The van der Waals surface area contributed by atoms with E-state index in [1.165, 1.54) is 0 Å². The lowest BCUT2D eigenvalue weighted by atomic mass is 10.2. The highest BCUT2D eigenvalue weighted by atomic mass is 35.5. The maximum atomic E-state index is 11.6. The molecule has 0 aliphatic heterocycles. The van der Waals surface area contributed by atoms with Gasteiger partial charge in [-0.25, -0.2) is 4.98 Å². The first kappa shape index (κ1) is 14.0. The zero-order chi connectivity index (χ0) is 14.8. The molecule has 2 aromatic carbocycles. The SMILES string of the molecule is CC(Cl)C(=O)Nc1cccc(-c2nc3ccccc3s2)c1. The summed E-state index contributed by atoms with van der Waals surface area (Å²) < 4.78 is 1.15. The number of alkyl halides is 1. The van der Waals surface area contributed by atoms with Crippen LogP contribution in [0.1, 0.15) is 6.92 Å². The highest BCUT2D eigenvalue weighted by Crippen LogP contribution is 2.31. The zero-order valence-corrected chi connectivity index (χ0v) is 12.9. The van der Waals surface area contributed by atoms with Crippen LogP contribution in [0.4, 0.5) is 5.69 Å². The number of hydrogen-bond donors (Lipinski definition) is 1. The van der Waals surface area contributed by atoms with Gasteiger partial charge in [0.15, 0.2) is 0 Å². The van der Waals surface area contributed by atoms with Crippen LogP contribution in [0.5, 0.6) is 0 Å². The van der Waals surface area contributed by atoms with Crippen molar-refractivity contribution in [3.05, 3.63) is 48.5 Å². The number of hydrogen-bond acceptors (Lipinski definition) is 3. The van der Waals surface area contributed by atoms with Crippen LogP contribution in [-0.2, 0) is 4.79 Å². The molecule has 106 valence electrons. The molecule has 0 aliphatic rings. The van der Waals surface area contributed by atoms with Crippen molar-refractivity contribution in [1.29, 1.82) is 0 Å². The number of thiazole rings is 1. The lowest BCUT2D eigenvalue weighted by Crippen LogP contribution is -2.20. The van der Waals surface area contributed by atoms with Crippen LogP contribution in [0.15, 0.2) is 48.5 Å². The molecule has 1 amide bonds. The van der Waals surface area contributed by atoms with Gasteiger partial charge in [-0.1, -0.05) is 24.3 Å². The van der Waals surface area contributed by atoms with E-state index in [-0.39, 0.29) is 5.91 Å². The number of benzene rings is 2. The van der Waals surface area contributed by atoms with Gasteiger partial charge in [0.1, 0.15) is 10.4 Å². The number of aromatic nitrogens is 1. The Morgan fingerprint density at radius 2 is 2.05 bits per heavy atom. The molecule has 0 bridgehead atoms. The van der Waals surface area contributed by atoms with Gasteiger partial charge in [-0.2, -0.15) is 0 Å². The van der Waals surface area contributed by atoms with Crippen LogP contribution < -0.4 is 5.32 Å². The first-order valence-electron chi connectivity index (χ1n) is 6.54. The first-order chi connectivity index (χ1) is 10.1. The largest absolute Gasteiger partial charge is 0.325 e. The molecule has 0 fully saturated rings. The summed E-state index contributed by atoms with van der Waals surface area (Å²) >= 11 is 7.40. The number of nitrogens with one attached hydrogen (secondary N) is 1. The predicted octanol–water partition coefficient (Wildman–Crippen LogP) is 4.53. The van der Waals surface area contributed by atoms with E-state index >= 15 is 0 Å². The maximum Gasteiger partial charge on any atom is 0.242 e. The van der Waals surface area contributed by atoms with Crippen LogP contribution >= 0.6 is 22.9 Å². The quantitative estimate of drug-likeness (QED) is 0.721. The van der Waals surface area contributed by atoms with Gasteiger partial charge in [0.05, 0.1) is 10.2 Å². The van der Waals surface area contributed by atoms with Crippen LogP contribution in [0, 0.1) is 0 Å². The van der Waals surface area contributed by atoms with Gasteiger partial charge >= 0.3 is 0 Å². The number of para-hydroxylation sites is 1. The van der Waals surface area contributed by atoms with Crippen molar-refractivity contribution in [3.8, 4) is 10.6 Å². The topological polar surface area (TPSA) is 42.0 Å². The second-order valence-electron chi connectivity index (χ2n) is 4.67. The summed E-state index contributed by atoms with van der Waals surface area (Å²) in [5.74, 6) is -0.210. The fraction of sp³-hybridized carbons (Fsp3) is 0.125. The molecule has 3 rings (SSSR count). The smallest absolute Gasteiger partial charge is 0.242 e. The lowest BCUT2D eigenvalue weighted by molar-refractivity contribution is -0.115. The summed E-state index contributed by atoms with van der Waals surface area (Å²) in [6, 6.07) is 15.7. The van der Waals surface area contributed by atoms with Crippen LogP contribution in [0.3, 0.4) is 0 Å².